The van der Waals surface area contributed by atoms with Crippen LogP contribution in [0.4, 0.5) is 0 Å². The number of allylic oxidation sites excluding steroid dienone is 30. The maximum atomic E-state index is 12.9. The van der Waals surface area contributed by atoms with Gasteiger partial charge in [-0.15, -0.1) is 0 Å². The first-order valence-corrected chi connectivity index (χ1v) is 32.9. The molecule has 0 aliphatic heterocycles. The van der Waals surface area contributed by atoms with E-state index in [2.05, 4.69) is 196 Å². The average molecular weight is 1170 g/mol. The van der Waals surface area contributed by atoms with Gasteiger partial charge in [-0.1, -0.05) is 254 Å². The highest BCUT2D eigenvalue weighted by molar-refractivity contribution is 5.70. The zero-order valence-corrected chi connectivity index (χ0v) is 54.1. The molecule has 0 aromatic heterocycles. The maximum absolute atomic E-state index is 12.9. The molecule has 0 spiro atoms. The lowest BCUT2D eigenvalue weighted by Gasteiger charge is -2.26. The highest BCUT2D eigenvalue weighted by Crippen LogP contribution is 2.14. The summed E-state index contributed by atoms with van der Waals surface area (Å²) in [4.78, 5) is 37.4. The van der Waals surface area contributed by atoms with Crippen LogP contribution in [0.5, 0.6) is 0 Å². The number of likely N-dealkylation sites (N-methyl/N-ethyl adjacent to an activating group) is 1. The zero-order chi connectivity index (χ0) is 61.9. The standard InChI is InChI=1S/C76H119NO8/c1-6-8-10-12-14-16-18-20-22-24-26-27-28-29-30-31-32-33-34-35-36-37-38-39-40-41-42-43-44-45-46-47-49-51-53-55-57-59-61-63-65-67-74(79)85-72(71-84-76(75(80)81)82-69-68-77(3,4)5)70-83-73(78)66-64-62-60-58-56-54-52-50-48-25-23-21-19-17-15-13-11-9-7-2/h8-11,14-17,20-23,26-27,29-30,32-33,35-36,38-39,41-42,44-45,47-50,72,76H,6-7,12-13,18-19,24-25,28,31,34,37,40,43,46,51-71H2,1-5H3/b10-8-,11-9-,16-14-,17-15-,22-20-,23-21-,27-26-,30-29-,33-32-,36-35-,39-38-,42-41-,45-44-,49-47-,50-48-. The number of carboxylic acids is 1. The molecule has 0 saturated heterocycles. The van der Waals surface area contributed by atoms with Gasteiger partial charge in [-0.2, -0.15) is 0 Å². The number of ether oxygens (including phenoxy) is 4. The molecule has 0 aromatic rings. The third kappa shape index (κ3) is 65.8. The van der Waals surface area contributed by atoms with Gasteiger partial charge in [0.1, 0.15) is 13.2 Å². The Bertz CT molecular complexity index is 2050. The first-order chi connectivity index (χ1) is 41.6. The molecular formula is C76H119NO8. The van der Waals surface area contributed by atoms with E-state index in [0.717, 1.165) is 167 Å². The average Bonchev–Trinajstić information content (AvgIpc) is 3.49. The summed E-state index contributed by atoms with van der Waals surface area (Å²) in [6.07, 6.45) is 95.3. The summed E-state index contributed by atoms with van der Waals surface area (Å²) in [7, 11) is 5.90. The Morgan fingerprint density at radius 1 is 0.353 bits per heavy atom. The third-order valence-corrected chi connectivity index (χ3v) is 13.1. The highest BCUT2D eigenvalue weighted by Gasteiger charge is 2.22. The molecule has 9 heteroatoms. The van der Waals surface area contributed by atoms with Crippen molar-refractivity contribution >= 4 is 17.9 Å². The van der Waals surface area contributed by atoms with E-state index in [1.54, 1.807) is 0 Å². The van der Waals surface area contributed by atoms with Gasteiger partial charge in [-0.05, 0) is 135 Å². The number of rotatable bonds is 58. The first kappa shape index (κ1) is 79.4. The quantitative estimate of drug-likeness (QED) is 0.0195. The van der Waals surface area contributed by atoms with E-state index in [1.807, 2.05) is 21.1 Å². The second kappa shape index (κ2) is 64.4. The molecule has 0 aromatic carbocycles. The van der Waals surface area contributed by atoms with Crippen LogP contribution in [0.1, 0.15) is 219 Å². The fourth-order valence-electron chi connectivity index (χ4n) is 8.18. The molecule has 0 saturated carbocycles. The Morgan fingerprint density at radius 3 is 0.941 bits per heavy atom. The predicted molar refractivity (Wildman–Crippen MR) is 361 cm³/mol. The Labute approximate surface area is 519 Å². The molecule has 0 aliphatic carbocycles. The fourth-order valence-corrected chi connectivity index (χ4v) is 8.18. The van der Waals surface area contributed by atoms with Crippen molar-refractivity contribution in [2.45, 2.75) is 232 Å². The number of nitrogens with zero attached hydrogens (tertiary/aromatic N) is 1. The van der Waals surface area contributed by atoms with E-state index >= 15 is 0 Å². The van der Waals surface area contributed by atoms with Gasteiger partial charge in [0.05, 0.1) is 40.3 Å². The summed E-state index contributed by atoms with van der Waals surface area (Å²) < 4.78 is 22.7. The van der Waals surface area contributed by atoms with Crippen LogP contribution in [-0.2, 0) is 33.3 Å². The molecule has 0 N–H and O–H groups in total. The van der Waals surface area contributed by atoms with Crippen molar-refractivity contribution in [2.75, 3.05) is 47.5 Å². The van der Waals surface area contributed by atoms with E-state index in [0.29, 0.717) is 23.9 Å². The number of carboxylic acid groups (broad SMARTS) is 1. The lowest BCUT2D eigenvalue weighted by Crippen LogP contribution is -2.44. The van der Waals surface area contributed by atoms with Crippen molar-refractivity contribution in [1.82, 2.24) is 0 Å². The summed E-state index contributed by atoms with van der Waals surface area (Å²) in [5.41, 5.74) is 0. The summed E-state index contributed by atoms with van der Waals surface area (Å²) in [6, 6.07) is 0. The molecule has 9 nitrogen and oxygen atoms in total. The van der Waals surface area contributed by atoms with E-state index in [4.69, 9.17) is 18.9 Å². The minimum atomic E-state index is -1.64. The second-order valence-corrected chi connectivity index (χ2v) is 22.3. The fraction of sp³-hybridized carbons (Fsp3) is 0.566. The molecule has 2 atom stereocenters. The number of unbranched alkanes of at least 4 members (excludes halogenated alkanes) is 13. The predicted octanol–water partition coefficient (Wildman–Crippen LogP) is 19.1. The van der Waals surface area contributed by atoms with Gasteiger partial charge >= 0.3 is 11.9 Å². The number of esters is 2. The van der Waals surface area contributed by atoms with Gasteiger partial charge in [0, 0.05) is 12.8 Å². The van der Waals surface area contributed by atoms with Gasteiger partial charge in [0.2, 0.25) is 0 Å². The van der Waals surface area contributed by atoms with Gasteiger partial charge < -0.3 is 33.3 Å². The zero-order valence-electron chi connectivity index (χ0n) is 54.1. The molecule has 0 fully saturated rings. The topological polar surface area (TPSA) is 111 Å². The van der Waals surface area contributed by atoms with Crippen molar-refractivity contribution in [3.05, 3.63) is 182 Å². The van der Waals surface area contributed by atoms with Crippen LogP contribution in [0.15, 0.2) is 182 Å². The van der Waals surface area contributed by atoms with Crippen LogP contribution in [0.3, 0.4) is 0 Å². The van der Waals surface area contributed by atoms with Crippen LogP contribution < -0.4 is 5.11 Å². The largest absolute Gasteiger partial charge is 0.545 e. The van der Waals surface area contributed by atoms with Crippen LogP contribution in [0.2, 0.25) is 0 Å². The molecule has 0 radical (unpaired) electrons. The minimum Gasteiger partial charge on any atom is -0.545 e. The third-order valence-electron chi connectivity index (χ3n) is 13.1. The number of quaternary nitrogens is 1. The molecule has 0 amide bonds. The van der Waals surface area contributed by atoms with Crippen LogP contribution in [0.25, 0.3) is 0 Å². The number of carbonyl (C=O) groups excluding carboxylic acids is 3. The van der Waals surface area contributed by atoms with Crippen molar-refractivity contribution in [3.8, 4) is 0 Å². The monoisotopic (exact) mass is 1170 g/mol. The van der Waals surface area contributed by atoms with Crippen LogP contribution in [0, 0.1) is 0 Å². The lowest BCUT2D eigenvalue weighted by atomic mass is 10.1. The highest BCUT2D eigenvalue weighted by atomic mass is 16.7. The molecule has 85 heavy (non-hydrogen) atoms. The Balaban J connectivity index is 4.23. The maximum Gasteiger partial charge on any atom is 0.306 e. The Morgan fingerprint density at radius 2 is 0.635 bits per heavy atom. The summed E-state index contributed by atoms with van der Waals surface area (Å²) in [6.45, 7) is 4.46. The lowest BCUT2D eigenvalue weighted by molar-refractivity contribution is -0.870. The molecule has 0 rings (SSSR count). The minimum absolute atomic E-state index is 0.133. The van der Waals surface area contributed by atoms with Crippen molar-refractivity contribution in [2.24, 2.45) is 0 Å². The summed E-state index contributed by atoms with van der Waals surface area (Å²) in [5, 5.41) is 11.8. The van der Waals surface area contributed by atoms with Crippen LogP contribution >= 0.6 is 0 Å². The van der Waals surface area contributed by atoms with Gasteiger partial charge in [0.25, 0.3) is 0 Å². The van der Waals surface area contributed by atoms with Crippen molar-refractivity contribution in [3.63, 3.8) is 0 Å². The van der Waals surface area contributed by atoms with Crippen molar-refractivity contribution in [1.29, 1.82) is 0 Å². The summed E-state index contributed by atoms with van der Waals surface area (Å²) in [5.74, 6) is -2.34. The number of hydrogen-bond acceptors (Lipinski definition) is 8. The first-order valence-electron chi connectivity index (χ1n) is 32.9. The second-order valence-electron chi connectivity index (χ2n) is 22.3. The number of aliphatic carboxylic acids is 1. The normalized spacial score (nSPS) is 13.9. The molecule has 0 aliphatic rings. The Kier molecular flexibility index (Phi) is 60.1. The number of carbonyl (C=O) groups is 3. The van der Waals surface area contributed by atoms with Gasteiger partial charge in [0.15, 0.2) is 12.4 Å². The molecule has 0 bridgehead atoms. The van der Waals surface area contributed by atoms with E-state index in [1.165, 1.54) is 12.8 Å². The summed E-state index contributed by atoms with van der Waals surface area (Å²) >= 11 is 0. The van der Waals surface area contributed by atoms with Gasteiger partial charge in [-0.25, -0.2) is 0 Å². The Hall–Kier alpha value is -5.61. The van der Waals surface area contributed by atoms with Crippen molar-refractivity contribution < 1.29 is 42.9 Å². The van der Waals surface area contributed by atoms with E-state index in [9.17, 15) is 19.5 Å². The van der Waals surface area contributed by atoms with E-state index < -0.39 is 24.3 Å². The molecule has 0 heterocycles. The number of hydrogen-bond donors (Lipinski definition) is 0. The van der Waals surface area contributed by atoms with Gasteiger partial charge in [-0.3, -0.25) is 9.59 Å². The molecule has 476 valence electrons. The van der Waals surface area contributed by atoms with E-state index in [-0.39, 0.29) is 38.6 Å². The molecule has 2 unspecified atom stereocenters. The SMILES string of the molecule is CC/C=C\C/C=C\C/C=C\C/C=C\C/C=C\C/C=C\C/C=C\C/C=C\C/C=C\C/C=C\C/C=C\CCCCCCCCCC(=O)OC(COC(=O)CCCCCCCC/C=C\C/C=C\C/C=C\C/C=C\CC)COC(OCC[N+](C)(C)C)C(=O)[O-]. The van der Waals surface area contributed by atoms with Crippen LogP contribution in [-0.4, -0.2) is 82.3 Å². The smallest absolute Gasteiger partial charge is 0.306 e. The molecular weight excluding hydrogens is 1050 g/mol.